The highest BCUT2D eigenvalue weighted by Crippen LogP contribution is 2.23. The molecule has 1 amide bonds. The third kappa shape index (κ3) is 11.5. The first-order chi connectivity index (χ1) is 23.7. The third-order valence-electron chi connectivity index (χ3n) is 6.97. The number of benzene rings is 3. The van der Waals surface area contributed by atoms with Crippen LogP contribution in [-0.2, 0) is 40.1 Å². The van der Waals surface area contributed by atoms with E-state index in [-0.39, 0.29) is 23.9 Å². The molecule has 0 saturated carbocycles. The number of rotatable bonds is 13. The summed E-state index contributed by atoms with van der Waals surface area (Å²) in [6.45, 7) is 2.36. The Morgan fingerprint density at radius 3 is 2.16 bits per heavy atom. The zero-order chi connectivity index (χ0) is 35.2. The van der Waals surface area contributed by atoms with E-state index in [9.17, 15) is 18.8 Å². The summed E-state index contributed by atoms with van der Waals surface area (Å²) in [5.41, 5.74) is 5.13. The Morgan fingerprint density at radius 1 is 0.959 bits per heavy atom. The first kappa shape index (κ1) is 36.8. The number of methoxy groups -OCH3 is 1. The van der Waals surface area contributed by atoms with Gasteiger partial charge in [-0.1, -0.05) is 71.9 Å². The lowest BCUT2D eigenvalue weighted by molar-refractivity contribution is -0.146. The molecule has 3 aromatic carbocycles. The topological polar surface area (TPSA) is 117 Å². The van der Waals surface area contributed by atoms with E-state index in [4.69, 9.17) is 21.1 Å². The maximum Gasteiger partial charge on any atom is 0.325 e. The summed E-state index contributed by atoms with van der Waals surface area (Å²) >= 11 is 7.31. The minimum absolute atomic E-state index is 0.0454. The predicted molar refractivity (Wildman–Crippen MR) is 187 cm³/mol. The van der Waals surface area contributed by atoms with Crippen molar-refractivity contribution in [2.24, 2.45) is 7.05 Å². The molecule has 5 aromatic rings. The van der Waals surface area contributed by atoms with Gasteiger partial charge in [0.1, 0.15) is 12.4 Å². The average Bonchev–Trinajstić information content (AvgIpc) is 3.11. The molecule has 0 fully saturated rings. The first-order valence-corrected chi connectivity index (χ1v) is 16.5. The van der Waals surface area contributed by atoms with Crippen LogP contribution in [0.2, 0.25) is 5.02 Å². The molecule has 0 aliphatic carbocycles. The Balaban J connectivity index is 0.000000223. The monoisotopic (exact) mass is 703 g/mol. The van der Waals surface area contributed by atoms with Crippen LogP contribution < -0.4 is 10.3 Å². The van der Waals surface area contributed by atoms with Gasteiger partial charge >= 0.3 is 12.0 Å². The van der Waals surface area contributed by atoms with Crippen LogP contribution in [0.5, 0.6) is 6.01 Å². The summed E-state index contributed by atoms with van der Waals surface area (Å²) in [6.07, 6.45) is 6.08. The van der Waals surface area contributed by atoms with E-state index in [0.29, 0.717) is 47.5 Å². The quantitative estimate of drug-likeness (QED) is 0.0618. The van der Waals surface area contributed by atoms with Crippen molar-refractivity contribution in [3.63, 3.8) is 0 Å². The lowest BCUT2D eigenvalue weighted by atomic mass is 10.0. The van der Waals surface area contributed by atoms with Crippen LogP contribution >= 0.6 is 23.4 Å². The lowest BCUT2D eigenvalue weighted by Gasteiger charge is -2.16. The molecule has 2 aromatic heterocycles. The van der Waals surface area contributed by atoms with Gasteiger partial charge in [-0.2, -0.15) is 4.98 Å². The van der Waals surface area contributed by atoms with Gasteiger partial charge in [-0.3, -0.25) is 14.4 Å². The normalized spacial score (nSPS) is 10.5. The number of carbonyl (C=O) groups is 2. The summed E-state index contributed by atoms with van der Waals surface area (Å²) in [5.74, 6) is -0.0693. The Kier molecular flexibility index (Phi) is 13.9. The van der Waals surface area contributed by atoms with E-state index >= 15 is 0 Å². The number of aryl methyl sites for hydroxylation is 1. The molecule has 0 bridgehead atoms. The highest BCUT2D eigenvalue weighted by atomic mass is 35.5. The van der Waals surface area contributed by atoms with Gasteiger partial charge in [0.15, 0.2) is 5.16 Å². The fourth-order valence-electron chi connectivity index (χ4n) is 4.51. The largest absolute Gasteiger partial charge is 0.467 e. The van der Waals surface area contributed by atoms with E-state index in [2.05, 4.69) is 15.0 Å². The number of amides is 1. The van der Waals surface area contributed by atoms with Gasteiger partial charge < -0.3 is 18.9 Å². The summed E-state index contributed by atoms with van der Waals surface area (Å²) in [5, 5.41) is 1.31. The number of esters is 1. The van der Waals surface area contributed by atoms with Gasteiger partial charge in [0.25, 0.3) is 5.56 Å². The second-order valence-corrected chi connectivity index (χ2v) is 12.0. The number of aromatic nitrogens is 4. The number of ether oxygens (including phenoxy) is 2. The summed E-state index contributed by atoms with van der Waals surface area (Å²) in [6, 6.07) is 22.0. The average molecular weight is 704 g/mol. The Labute approximate surface area is 292 Å². The fourth-order valence-corrected chi connectivity index (χ4v) is 5.53. The van der Waals surface area contributed by atoms with Gasteiger partial charge in [-0.15, -0.1) is 0 Å². The number of thioether (sulfide) groups is 1. The maximum atomic E-state index is 13.0. The molecule has 10 nitrogen and oxygen atoms in total. The molecule has 254 valence electrons. The molecule has 0 aliphatic rings. The van der Waals surface area contributed by atoms with Crippen LogP contribution in [-0.4, -0.2) is 57.1 Å². The van der Waals surface area contributed by atoms with Gasteiger partial charge in [-0.05, 0) is 59.0 Å². The van der Waals surface area contributed by atoms with Crippen LogP contribution in [0.4, 0.5) is 4.39 Å². The molecule has 0 radical (unpaired) electrons. The van der Waals surface area contributed by atoms with E-state index < -0.39 is 5.97 Å². The predicted octanol–water partition coefficient (Wildman–Crippen LogP) is 6.13. The molecule has 0 N–H and O–H groups in total. The van der Waals surface area contributed by atoms with Crippen molar-refractivity contribution in [3.8, 4) is 17.1 Å². The standard InChI is InChI=1S/C18H18ClNO3.C18H17FN4O2S/c1-2-23-18(22)12-20(13-21)11-14-3-5-15(6-4-14)16-7-9-17(19)10-8-16;1-23-10-14(7-13-8-20-17(25-2)21-9-13)16(24)22-18(23)26-11-12-3-5-15(19)6-4-12/h3-10,13H,2,11-12H2,1H3;3-6,8-10H,7,11H2,1-2H3. The Bertz CT molecular complexity index is 1870. The van der Waals surface area contributed by atoms with E-state index in [0.717, 1.165) is 27.8 Å². The van der Waals surface area contributed by atoms with Crippen molar-refractivity contribution in [2.75, 3.05) is 20.3 Å². The number of hydrogen-bond donors (Lipinski definition) is 0. The summed E-state index contributed by atoms with van der Waals surface area (Å²) in [7, 11) is 3.34. The SMILES string of the molecule is CCOC(=O)CN(C=O)Cc1ccc(-c2ccc(Cl)cc2)cc1.COc1ncc(Cc2cn(C)c(SCc3ccc(F)cc3)nc2=O)cn1. The fraction of sp³-hybridized carbons (Fsp3) is 0.222. The maximum absolute atomic E-state index is 13.0. The number of hydrogen-bond acceptors (Lipinski definition) is 9. The van der Waals surface area contributed by atoms with Crippen molar-refractivity contribution in [1.29, 1.82) is 0 Å². The molecule has 2 heterocycles. The summed E-state index contributed by atoms with van der Waals surface area (Å²) in [4.78, 5) is 48.5. The molecule has 49 heavy (non-hydrogen) atoms. The van der Waals surface area contributed by atoms with Crippen LogP contribution in [0.25, 0.3) is 11.1 Å². The minimum Gasteiger partial charge on any atom is -0.467 e. The van der Waals surface area contributed by atoms with Gasteiger partial charge in [0, 0.05) is 54.9 Å². The van der Waals surface area contributed by atoms with Crippen LogP contribution in [0.15, 0.2) is 101 Å². The molecule has 5 rings (SSSR count). The van der Waals surface area contributed by atoms with Gasteiger partial charge in [-0.25, -0.2) is 14.4 Å². The van der Waals surface area contributed by atoms with E-state index in [1.165, 1.54) is 35.9 Å². The highest BCUT2D eigenvalue weighted by Gasteiger charge is 2.11. The van der Waals surface area contributed by atoms with Gasteiger partial charge in [0.05, 0.1) is 13.7 Å². The van der Waals surface area contributed by atoms with E-state index in [1.54, 1.807) is 37.6 Å². The van der Waals surface area contributed by atoms with E-state index in [1.807, 2.05) is 60.1 Å². The molecular formula is C36H35ClFN5O5S. The molecule has 0 unspecified atom stereocenters. The van der Waals surface area contributed by atoms with Crippen LogP contribution in [0.1, 0.15) is 29.2 Å². The van der Waals surface area contributed by atoms with Crippen molar-refractivity contribution in [1.82, 2.24) is 24.4 Å². The Hall–Kier alpha value is -5.07. The molecule has 13 heteroatoms. The van der Waals surface area contributed by atoms with Crippen molar-refractivity contribution in [2.45, 2.75) is 30.8 Å². The van der Waals surface area contributed by atoms with Crippen molar-refractivity contribution < 1.29 is 23.5 Å². The molecular weight excluding hydrogens is 669 g/mol. The zero-order valence-electron chi connectivity index (χ0n) is 27.2. The second-order valence-electron chi connectivity index (χ2n) is 10.7. The second kappa shape index (κ2) is 18.5. The van der Waals surface area contributed by atoms with Crippen molar-refractivity contribution >= 4 is 35.7 Å². The number of nitrogens with zero attached hydrogens (tertiary/aromatic N) is 5. The molecule has 0 aliphatic heterocycles. The number of carbonyl (C=O) groups excluding carboxylic acids is 2. The minimum atomic E-state index is -0.405. The molecule has 0 atom stereocenters. The summed E-state index contributed by atoms with van der Waals surface area (Å²) < 4.78 is 24.5. The van der Waals surface area contributed by atoms with Crippen molar-refractivity contribution in [3.05, 3.63) is 135 Å². The number of halogens is 2. The highest BCUT2D eigenvalue weighted by molar-refractivity contribution is 7.98. The van der Waals surface area contributed by atoms with Crippen LogP contribution in [0.3, 0.4) is 0 Å². The smallest absolute Gasteiger partial charge is 0.325 e. The molecule has 0 saturated heterocycles. The lowest BCUT2D eigenvalue weighted by Crippen LogP contribution is -2.29. The molecule has 0 spiro atoms. The Morgan fingerprint density at radius 2 is 1.57 bits per heavy atom. The third-order valence-corrected chi connectivity index (χ3v) is 8.33. The van der Waals surface area contributed by atoms with Crippen LogP contribution in [0, 0.1) is 5.82 Å². The first-order valence-electron chi connectivity index (χ1n) is 15.2. The van der Waals surface area contributed by atoms with Gasteiger partial charge in [0.2, 0.25) is 6.41 Å². The zero-order valence-corrected chi connectivity index (χ0v) is 28.8.